The minimum absolute atomic E-state index is 0.184. The minimum atomic E-state index is -0.184. The molecule has 0 bridgehead atoms. The van der Waals surface area contributed by atoms with E-state index in [1.165, 1.54) is 18.1 Å². The van der Waals surface area contributed by atoms with Crippen molar-refractivity contribution in [1.82, 2.24) is 24.9 Å². The first-order valence-electron chi connectivity index (χ1n) is 4.84. The van der Waals surface area contributed by atoms with Crippen molar-refractivity contribution >= 4 is 22.8 Å². The van der Waals surface area contributed by atoms with E-state index >= 15 is 0 Å². The summed E-state index contributed by atoms with van der Waals surface area (Å²) in [7, 11) is 0. The molecule has 6 nitrogen and oxygen atoms in total. The van der Waals surface area contributed by atoms with E-state index in [1.807, 2.05) is 0 Å². The molecule has 17 heavy (non-hydrogen) atoms. The summed E-state index contributed by atoms with van der Waals surface area (Å²) in [4.78, 5) is 30.1. The van der Waals surface area contributed by atoms with Crippen molar-refractivity contribution < 1.29 is 0 Å². The maximum Gasteiger partial charge on any atom is 0.275 e. The van der Waals surface area contributed by atoms with Crippen molar-refractivity contribution in [2.75, 3.05) is 0 Å². The van der Waals surface area contributed by atoms with Crippen LogP contribution in [0.5, 0.6) is 0 Å². The van der Waals surface area contributed by atoms with Crippen LogP contribution in [0.3, 0.4) is 0 Å². The zero-order valence-electron chi connectivity index (χ0n) is 8.54. The van der Waals surface area contributed by atoms with E-state index in [0.29, 0.717) is 16.2 Å². The summed E-state index contributed by atoms with van der Waals surface area (Å²) in [6.45, 7) is 0. The third-order valence-electron chi connectivity index (χ3n) is 2.18. The summed E-state index contributed by atoms with van der Waals surface area (Å²) >= 11 is 1.36. The topological polar surface area (TPSA) is 87.3 Å². The molecular formula is C10H7N5OS. The molecule has 0 saturated heterocycles. The van der Waals surface area contributed by atoms with Crippen molar-refractivity contribution in [3.05, 3.63) is 41.3 Å². The Kier molecular flexibility index (Phi) is 2.37. The number of nitrogens with zero attached hydrogens (tertiary/aromatic N) is 3. The minimum Gasteiger partial charge on any atom is -0.354 e. The predicted molar refractivity (Wildman–Crippen MR) is 62.9 cm³/mol. The lowest BCUT2D eigenvalue weighted by atomic mass is 10.5. The van der Waals surface area contributed by atoms with Gasteiger partial charge in [-0.3, -0.25) is 4.79 Å². The highest BCUT2D eigenvalue weighted by molar-refractivity contribution is 7.99. The molecule has 84 valence electrons. The van der Waals surface area contributed by atoms with Gasteiger partial charge in [-0.25, -0.2) is 15.0 Å². The average molecular weight is 245 g/mol. The van der Waals surface area contributed by atoms with Crippen LogP contribution >= 0.6 is 11.8 Å². The second-order valence-corrected chi connectivity index (χ2v) is 4.25. The molecule has 3 rings (SSSR count). The number of nitrogens with one attached hydrogen (secondary N) is 2. The van der Waals surface area contributed by atoms with Crippen LogP contribution in [0, 0.1) is 0 Å². The van der Waals surface area contributed by atoms with E-state index in [2.05, 4.69) is 24.9 Å². The van der Waals surface area contributed by atoms with E-state index in [0.717, 1.165) is 4.90 Å². The normalized spacial score (nSPS) is 10.8. The Morgan fingerprint density at radius 3 is 2.76 bits per heavy atom. The van der Waals surface area contributed by atoms with E-state index in [-0.39, 0.29) is 5.56 Å². The van der Waals surface area contributed by atoms with Gasteiger partial charge in [0.05, 0.1) is 11.2 Å². The quantitative estimate of drug-likeness (QED) is 0.662. The average Bonchev–Trinajstić information content (AvgIpc) is 2.76. The summed E-state index contributed by atoms with van der Waals surface area (Å²) < 4.78 is 0. The van der Waals surface area contributed by atoms with Crippen molar-refractivity contribution in [2.24, 2.45) is 0 Å². The fourth-order valence-corrected chi connectivity index (χ4v) is 2.23. The Morgan fingerprint density at radius 1 is 1.12 bits per heavy atom. The lowest BCUT2D eigenvalue weighted by Crippen LogP contribution is -2.05. The van der Waals surface area contributed by atoms with Crippen LogP contribution in [0.1, 0.15) is 0 Å². The molecule has 7 heteroatoms. The zero-order chi connectivity index (χ0) is 11.7. The molecular weight excluding hydrogens is 238 g/mol. The first-order valence-corrected chi connectivity index (χ1v) is 5.66. The van der Waals surface area contributed by atoms with Crippen LogP contribution in [-0.4, -0.2) is 24.9 Å². The van der Waals surface area contributed by atoms with Gasteiger partial charge in [0, 0.05) is 18.6 Å². The van der Waals surface area contributed by atoms with Gasteiger partial charge in [0.1, 0.15) is 11.0 Å². The Hall–Kier alpha value is -2.15. The molecule has 0 aliphatic carbocycles. The lowest BCUT2D eigenvalue weighted by molar-refractivity contribution is 0.967. The molecule has 3 heterocycles. The maximum atomic E-state index is 11.5. The zero-order valence-corrected chi connectivity index (χ0v) is 9.36. The number of hydrogen-bond donors (Lipinski definition) is 2. The SMILES string of the molecule is O=c1[nH]cnc2c(Sc3ncccn3)c[nH]c12. The number of rotatable bonds is 2. The first-order chi connectivity index (χ1) is 8.34. The standard InChI is InChI=1S/C10H7N5OS/c16-9-8-7(14-5-15-9)6(4-13-8)17-10-11-2-1-3-12-10/h1-5,13H,(H,14,15,16). The summed E-state index contributed by atoms with van der Waals surface area (Å²) in [5, 5.41) is 0.621. The van der Waals surface area contributed by atoms with E-state index in [4.69, 9.17) is 0 Å². The molecule has 0 atom stereocenters. The van der Waals surface area contributed by atoms with Crippen LogP contribution in [0.2, 0.25) is 0 Å². The molecule has 0 amide bonds. The van der Waals surface area contributed by atoms with Crippen LogP contribution in [0.25, 0.3) is 11.0 Å². The van der Waals surface area contributed by atoms with Crippen molar-refractivity contribution in [3.63, 3.8) is 0 Å². The molecule has 0 spiro atoms. The molecule has 0 aliphatic rings. The summed E-state index contributed by atoms with van der Waals surface area (Å²) in [5.41, 5.74) is 0.910. The Labute approximate surface area is 99.5 Å². The highest BCUT2D eigenvalue weighted by Crippen LogP contribution is 2.28. The number of fused-ring (bicyclic) bond motifs is 1. The van der Waals surface area contributed by atoms with Gasteiger partial charge in [-0.1, -0.05) is 0 Å². The first kappa shape index (κ1) is 10.0. The van der Waals surface area contributed by atoms with Crippen molar-refractivity contribution in [1.29, 1.82) is 0 Å². The molecule has 0 radical (unpaired) electrons. The molecule has 0 unspecified atom stereocenters. The fraction of sp³-hybridized carbons (Fsp3) is 0. The summed E-state index contributed by atoms with van der Waals surface area (Å²) in [6.07, 6.45) is 6.46. The van der Waals surface area contributed by atoms with Gasteiger partial charge in [-0.2, -0.15) is 0 Å². The summed E-state index contributed by atoms with van der Waals surface area (Å²) in [5.74, 6) is 0. The Bertz CT molecular complexity index is 705. The molecule has 0 fully saturated rings. The van der Waals surface area contributed by atoms with Crippen LogP contribution in [-0.2, 0) is 0 Å². The number of hydrogen-bond acceptors (Lipinski definition) is 5. The molecule has 0 aliphatic heterocycles. The molecule has 0 aromatic carbocycles. The van der Waals surface area contributed by atoms with Gasteiger partial charge < -0.3 is 9.97 Å². The van der Waals surface area contributed by atoms with Gasteiger partial charge >= 0.3 is 0 Å². The van der Waals surface area contributed by atoms with Gasteiger partial charge in [0.25, 0.3) is 5.56 Å². The number of aromatic nitrogens is 5. The second kappa shape index (κ2) is 4.02. The maximum absolute atomic E-state index is 11.5. The van der Waals surface area contributed by atoms with Crippen LogP contribution in [0.4, 0.5) is 0 Å². The van der Waals surface area contributed by atoms with Gasteiger partial charge in [-0.05, 0) is 17.8 Å². The predicted octanol–water partition coefficient (Wildman–Crippen LogP) is 1.19. The highest BCUT2D eigenvalue weighted by atomic mass is 32.2. The molecule has 3 aromatic rings. The molecule has 2 N–H and O–H groups in total. The third kappa shape index (κ3) is 1.80. The van der Waals surface area contributed by atoms with Crippen molar-refractivity contribution in [3.8, 4) is 0 Å². The van der Waals surface area contributed by atoms with E-state index in [1.54, 1.807) is 24.7 Å². The monoisotopic (exact) mass is 245 g/mol. The molecule has 0 saturated carbocycles. The summed E-state index contributed by atoms with van der Waals surface area (Å²) in [6, 6.07) is 1.75. The number of H-pyrrole nitrogens is 2. The smallest absolute Gasteiger partial charge is 0.275 e. The highest BCUT2D eigenvalue weighted by Gasteiger charge is 2.09. The molecule has 3 aromatic heterocycles. The van der Waals surface area contributed by atoms with Crippen LogP contribution in [0.15, 0.2) is 45.8 Å². The number of aromatic amines is 2. The second-order valence-electron chi connectivity index (χ2n) is 3.24. The van der Waals surface area contributed by atoms with Gasteiger partial charge in [0.2, 0.25) is 0 Å². The fourth-order valence-electron chi connectivity index (χ4n) is 1.44. The lowest BCUT2D eigenvalue weighted by Gasteiger charge is -1.95. The van der Waals surface area contributed by atoms with E-state index < -0.39 is 0 Å². The van der Waals surface area contributed by atoms with Crippen LogP contribution < -0.4 is 5.56 Å². The largest absolute Gasteiger partial charge is 0.354 e. The Balaban J connectivity index is 2.08. The Morgan fingerprint density at radius 2 is 1.94 bits per heavy atom. The van der Waals surface area contributed by atoms with E-state index in [9.17, 15) is 4.79 Å². The van der Waals surface area contributed by atoms with Gasteiger partial charge in [0.15, 0.2) is 5.16 Å². The van der Waals surface area contributed by atoms with Crippen molar-refractivity contribution in [2.45, 2.75) is 10.1 Å². The third-order valence-corrected chi connectivity index (χ3v) is 3.10. The van der Waals surface area contributed by atoms with Gasteiger partial charge in [-0.15, -0.1) is 0 Å².